The molecule has 0 aromatic heterocycles. The minimum atomic E-state index is -0.301. The Morgan fingerprint density at radius 3 is 2.67 bits per heavy atom. The van der Waals surface area contributed by atoms with Gasteiger partial charge < -0.3 is 10.0 Å². The first-order valence-corrected chi connectivity index (χ1v) is 7.58. The average molecular weight is 253 g/mol. The van der Waals surface area contributed by atoms with Crippen molar-refractivity contribution in [2.24, 2.45) is 11.8 Å². The number of hydrogen-bond donors (Lipinski definition) is 1. The summed E-state index contributed by atoms with van der Waals surface area (Å²) in [5.41, 5.74) is 0. The van der Waals surface area contributed by atoms with Crippen LogP contribution in [0, 0.1) is 11.8 Å². The van der Waals surface area contributed by atoms with Crippen molar-refractivity contribution in [3.63, 3.8) is 0 Å². The van der Waals surface area contributed by atoms with Crippen molar-refractivity contribution < 1.29 is 9.90 Å². The molecule has 0 aromatic carbocycles. The van der Waals surface area contributed by atoms with E-state index in [9.17, 15) is 9.90 Å². The maximum atomic E-state index is 12.6. The van der Waals surface area contributed by atoms with Crippen molar-refractivity contribution >= 4 is 5.91 Å². The summed E-state index contributed by atoms with van der Waals surface area (Å²) >= 11 is 0. The van der Waals surface area contributed by atoms with Crippen molar-refractivity contribution in [3.05, 3.63) is 0 Å². The van der Waals surface area contributed by atoms with Gasteiger partial charge in [-0.2, -0.15) is 0 Å². The summed E-state index contributed by atoms with van der Waals surface area (Å²) in [4.78, 5) is 14.7. The Morgan fingerprint density at radius 2 is 2.06 bits per heavy atom. The standard InChI is InChI=1S/C15H27NO2/c1-11-6-5-8-14(11)15(18)16-9-4-3-7-13(16)10-12(2)17/h11-14,17H,3-10H2,1-2H3. The van der Waals surface area contributed by atoms with Crippen LogP contribution in [0.25, 0.3) is 0 Å². The van der Waals surface area contributed by atoms with Gasteiger partial charge in [-0.25, -0.2) is 0 Å². The van der Waals surface area contributed by atoms with E-state index in [1.165, 1.54) is 19.3 Å². The van der Waals surface area contributed by atoms with Gasteiger partial charge in [0.15, 0.2) is 0 Å². The molecular weight excluding hydrogens is 226 g/mol. The molecule has 3 heteroatoms. The summed E-state index contributed by atoms with van der Waals surface area (Å²) in [6, 6.07) is 0.277. The molecule has 0 radical (unpaired) electrons. The van der Waals surface area contributed by atoms with Gasteiger partial charge in [0.05, 0.1) is 6.10 Å². The van der Waals surface area contributed by atoms with Gasteiger partial charge in [0, 0.05) is 18.5 Å². The molecule has 1 saturated carbocycles. The molecule has 0 aromatic rings. The van der Waals surface area contributed by atoms with Crippen molar-refractivity contribution in [1.82, 2.24) is 4.90 Å². The lowest BCUT2D eigenvalue weighted by Crippen LogP contribution is -2.47. The molecule has 1 aliphatic heterocycles. The topological polar surface area (TPSA) is 40.5 Å². The van der Waals surface area contributed by atoms with E-state index in [2.05, 4.69) is 11.8 Å². The van der Waals surface area contributed by atoms with Crippen molar-refractivity contribution in [3.8, 4) is 0 Å². The molecule has 4 atom stereocenters. The Hall–Kier alpha value is -0.570. The molecule has 2 rings (SSSR count). The number of piperidine rings is 1. The molecule has 3 nitrogen and oxygen atoms in total. The predicted molar refractivity (Wildman–Crippen MR) is 72.2 cm³/mol. The van der Waals surface area contributed by atoms with Gasteiger partial charge >= 0.3 is 0 Å². The number of amides is 1. The van der Waals surface area contributed by atoms with E-state index in [0.29, 0.717) is 11.8 Å². The minimum Gasteiger partial charge on any atom is -0.393 e. The SMILES string of the molecule is CC(O)CC1CCCCN1C(=O)C1CCCC1C. The molecule has 0 bridgehead atoms. The van der Waals surface area contributed by atoms with Crippen LogP contribution in [0.1, 0.15) is 58.8 Å². The molecule has 104 valence electrons. The van der Waals surface area contributed by atoms with Crippen LogP contribution in [0.2, 0.25) is 0 Å². The number of aliphatic hydroxyl groups excluding tert-OH is 1. The van der Waals surface area contributed by atoms with Gasteiger partial charge in [0.1, 0.15) is 0 Å². The van der Waals surface area contributed by atoms with Gasteiger partial charge in [-0.15, -0.1) is 0 Å². The van der Waals surface area contributed by atoms with E-state index in [0.717, 1.165) is 32.2 Å². The van der Waals surface area contributed by atoms with Crippen LogP contribution >= 0.6 is 0 Å². The summed E-state index contributed by atoms with van der Waals surface area (Å²) in [6.45, 7) is 4.94. The molecule has 2 fully saturated rings. The number of rotatable bonds is 3. The number of likely N-dealkylation sites (tertiary alicyclic amines) is 1. The fourth-order valence-electron chi connectivity index (χ4n) is 3.65. The first-order valence-electron chi connectivity index (χ1n) is 7.58. The van der Waals surface area contributed by atoms with Gasteiger partial charge in [0.2, 0.25) is 5.91 Å². The average Bonchev–Trinajstić information content (AvgIpc) is 2.74. The van der Waals surface area contributed by atoms with Crippen molar-refractivity contribution in [2.45, 2.75) is 70.9 Å². The smallest absolute Gasteiger partial charge is 0.226 e. The monoisotopic (exact) mass is 253 g/mol. The lowest BCUT2D eigenvalue weighted by atomic mass is 9.91. The second-order valence-electron chi connectivity index (χ2n) is 6.28. The highest BCUT2D eigenvalue weighted by Gasteiger charge is 2.36. The number of nitrogens with zero attached hydrogens (tertiary/aromatic N) is 1. The van der Waals surface area contributed by atoms with Gasteiger partial charge in [-0.1, -0.05) is 13.3 Å². The van der Waals surface area contributed by atoms with E-state index in [4.69, 9.17) is 0 Å². The number of aliphatic hydroxyl groups is 1. The highest BCUT2D eigenvalue weighted by molar-refractivity contribution is 5.79. The molecule has 18 heavy (non-hydrogen) atoms. The van der Waals surface area contributed by atoms with E-state index in [1.807, 2.05) is 6.92 Å². The maximum absolute atomic E-state index is 12.6. The van der Waals surface area contributed by atoms with Crippen LogP contribution < -0.4 is 0 Å². The Morgan fingerprint density at radius 1 is 1.28 bits per heavy atom. The van der Waals surface area contributed by atoms with Crippen LogP contribution in [0.5, 0.6) is 0 Å². The first kappa shape index (κ1) is 13.9. The van der Waals surface area contributed by atoms with Gasteiger partial charge in [0.25, 0.3) is 0 Å². The summed E-state index contributed by atoms with van der Waals surface area (Å²) < 4.78 is 0. The number of hydrogen-bond acceptors (Lipinski definition) is 2. The summed E-state index contributed by atoms with van der Waals surface area (Å²) in [6.07, 6.45) is 7.30. The minimum absolute atomic E-state index is 0.250. The van der Waals surface area contributed by atoms with Crippen molar-refractivity contribution in [1.29, 1.82) is 0 Å². The molecule has 0 spiro atoms. The summed E-state index contributed by atoms with van der Waals surface area (Å²) in [5.74, 6) is 1.16. The zero-order valence-corrected chi connectivity index (χ0v) is 11.8. The second kappa shape index (κ2) is 6.05. The zero-order valence-electron chi connectivity index (χ0n) is 11.8. The molecule has 4 unspecified atom stereocenters. The molecule has 2 aliphatic rings. The summed E-state index contributed by atoms with van der Waals surface area (Å²) in [7, 11) is 0. The summed E-state index contributed by atoms with van der Waals surface area (Å²) in [5, 5.41) is 9.58. The molecular formula is C15H27NO2. The number of carbonyl (C=O) groups is 1. The first-order chi connectivity index (χ1) is 8.59. The lowest BCUT2D eigenvalue weighted by molar-refractivity contribution is -0.141. The van der Waals surface area contributed by atoms with Gasteiger partial charge in [-0.05, 0) is 51.4 Å². The van der Waals surface area contributed by atoms with E-state index in [-0.39, 0.29) is 18.1 Å². The van der Waals surface area contributed by atoms with E-state index in [1.54, 1.807) is 0 Å². The quantitative estimate of drug-likeness (QED) is 0.840. The largest absolute Gasteiger partial charge is 0.393 e. The Bertz CT molecular complexity index is 290. The van der Waals surface area contributed by atoms with Crippen LogP contribution in [-0.2, 0) is 4.79 Å². The lowest BCUT2D eigenvalue weighted by Gasteiger charge is -2.38. The third kappa shape index (κ3) is 3.05. The van der Waals surface area contributed by atoms with Crippen LogP contribution in [-0.4, -0.2) is 34.6 Å². The molecule has 1 amide bonds. The molecule has 1 N–H and O–H groups in total. The highest BCUT2D eigenvalue weighted by Crippen LogP contribution is 2.34. The Kier molecular flexibility index (Phi) is 4.66. The normalized spacial score (nSPS) is 34.6. The van der Waals surface area contributed by atoms with Crippen LogP contribution in [0.3, 0.4) is 0 Å². The van der Waals surface area contributed by atoms with E-state index >= 15 is 0 Å². The predicted octanol–water partition coefficient (Wildman–Crippen LogP) is 2.57. The number of carbonyl (C=O) groups excluding carboxylic acids is 1. The second-order valence-corrected chi connectivity index (χ2v) is 6.28. The fraction of sp³-hybridized carbons (Fsp3) is 0.933. The maximum Gasteiger partial charge on any atom is 0.226 e. The van der Waals surface area contributed by atoms with Crippen LogP contribution in [0.15, 0.2) is 0 Å². The zero-order chi connectivity index (χ0) is 13.1. The molecule has 1 aliphatic carbocycles. The third-order valence-electron chi connectivity index (χ3n) is 4.70. The Labute approximate surface area is 111 Å². The molecule has 1 heterocycles. The third-order valence-corrected chi connectivity index (χ3v) is 4.70. The Balaban J connectivity index is 2.01. The van der Waals surface area contributed by atoms with E-state index < -0.39 is 0 Å². The highest BCUT2D eigenvalue weighted by atomic mass is 16.3. The van der Waals surface area contributed by atoms with Crippen molar-refractivity contribution in [2.75, 3.05) is 6.54 Å². The fourth-order valence-corrected chi connectivity index (χ4v) is 3.65. The molecule has 1 saturated heterocycles. The van der Waals surface area contributed by atoms with Crippen LogP contribution in [0.4, 0.5) is 0 Å². The van der Waals surface area contributed by atoms with Gasteiger partial charge in [-0.3, -0.25) is 4.79 Å².